The molecule has 1 aromatic heterocycles. The molecule has 19 heavy (non-hydrogen) atoms. The topological polar surface area (TPSA) is 79.1 Å². The first-order valence-electron chi connectivity index (χ1n) is 6.76. The van der Waals surface area contributed by atoms with Crippen LogP contribution in [0.4, 0.5) is 0 Å². The van der Waals surface area contributed by atoms with Crippen molar-refractivity contribution in [3.05, 3.63) is 35.0 Å². The molecular weight excluding hydrogens is 240 g/mol. The van der Waals surface area contributed by atoms with Crippen molar-refractivity contribution in [2.45, 2.75) is 38.1 Å². The van der Waals surface area contributed by atoms with Gasteiger partial charge in [-0.05, 0) is 55.4 Å². The molecule has 1 atom stereocenters. The molecule has 0 saturated carbocycles. The molecule has 2 aromatic rings. The largest absolute Gasteiger partial charge is 0.480 e. The summed E-state index contributed by atoms with van der Waals surface area (Å²) in [5.41, 5.74) is 10.5. The SMILES string of the molecule is NC(Cc1ccc2[nH]c3c(c2c1)CCCC3)C(=O)O. The minimum absolute atomic E-state index is 0.380. The molecule has 0 bridgehead atoms. The Kier molecular flexibility index (Phi) is 3.03. The Morgan fingerprint density at radius 2 is 2.16 bits per heavy atom. The number of fused-ring (bicyclic) bond motifs is 3. The molecule has 0 fully saturated rings. The van der Waals surface area contributed by atoms with Crippen LogP contribution in [0, 0.1) is 0 Å². The summed E-state index contributed by atoms with van der Waals surface area (Å²) >= 11 is 0. The van der Waals surface area contributed by atoms with Crippen LogP contribution < -0.4 is 5.73 Å². The van der Waals surface area contributed by atoms with Crippen LogP contribution in [0.25, 0.3) is 10.9 Å². The zero-order valence-corrected chi connectivity index (χ0v) is 10.8. The molecule has 1 aromatic carbocycles. The number of aliphatic carboxylic acids is 1. The van der Waals surface area contributed by atoms with Crippen molar-refractivity contribution in [2.24, 2.45) is 5.73 Å². The van der Waals surface area contributed by atoms with Crippen LogP contribution in [0.3, 0.4) is 0 Å². The summed E-state index contributed by atoms with van der Waals surface area (Å²) in [6, 6.07) is 5.27. The summed E-state index contributed by atoms with van der Waals surface area (Å²) in [5.74, 6) is -0.948. The van der Waals surface area contributed by atoms with Crippen molar-refractivity contribution in [1.82, 2.24) is 4.98 Å². The molecule has 0 spiro atoms. The molecule has 1 heterocycles. The smallest absolute Gasteiger partial charge is 0.320 e. The summed E-state index contributed by atoms with van der Waals surface area (Å²) in [6.45, 7) is 0. The number of carboxylic acid groups (broad SMARTS) is 1. The zero-order chi connectivity index (χ0) is 13.4. The molecule has 100 valence electrons. The Bertz CT molecular complexity index is 630. The number of carboxylic acids is 1. The fraction of sp³-hybridized carbons (Fsp3) is 0.400. The highest BCUT2D eigenvalue weighted by molar-refractivity contribution is 5.86. The van der Waals surface area contributed by atoms with Gasteiger partial charge in [-0.1, -0.05) is 6.07 Å². The van der Waals surface area contributed by atoms with E-state index in [0.717, 1.165) is 23.9 Å². The Morgan fingerprint density at radius 3 is 2.95 bits per heavy atom. The van der Waals surface area contributed by atoms with Gasteiger partial charge in [0.1, 0.15) is 6.04 Å². The Labute approximate surface area is 111 Å². The molecule has 0 amide bonds. The lowest BCUT2D eigenvalue weighted by molar-refractivity contribution is -0.138. The molecule has 4 N–H and O–H groups in total. The maximum Gasteiger partial charge on any atom is 0.320 e. The number of nitrogens with one attached hydrogen (secondary N) is 1. The van der Waals surface area contributed by atoms with E-state index in [-0.39, 0.29) is 0 Å². The number of benzene rings is 1. The zero-order valence-electron chi connectivity index (χ0n) is 10.8. The number of rotatable bonds is 3. The average molecular weight is 258 g/mol. The van der Waals surface area contributed by atoms with Crippen LogP contribution >= 0.6 is 0 Å². The van der Waals surface area contributed by atoms with Crippen molar-refractivity contribution in [3.63, 3.8) is 0 Å². The predicted molar refractivity (Wildman–Crippen MR) is 74.3 cm³/mol. The lowest BCUT2D eigenvalue weighted by atomic mass is 9.94. The average Bonchev–Trinajstić information content (AvgIpc) is 2.76. The van der Waals surface area contributed by atoms with Gasteiger partial charge in [-0.2, -0.15) is 0 Å². The van der Waals surface area contributed by atoms with E-state index in [1.165, 1.54) is 29.5 Å². The number of carbonyl (C=O) groups is 1. The molecular formula is C15H18N2O2. The number of H-pyrrole nitrogens is 1. The van der Waals surface area contributed by atoms with Crippen LogP contribution in [0.5, 0.6) is 0 Å². The molecule has 4 heteroatoms. The quantitative estimate of drug-likeness (QED) is 0.787. The second-order valence-electron chi connectivity index (χ2n) is 5.32. The van der Waals surface area contributed by atoms with Gasteiger partial charge in [0.05, 0.1) is 0 Å². The van der Waals surface area contributed by atoms with E-state index < -0.39 is 12.0 Å². The van der Waals surface area contributed by atoms with Crippen LogP contribution in [0.1, 0.15) is 29.7 Å². The highest BCUT2D eigenvalue weighted by Gasteiger charge is 2.17. The normalized spacial score (nSPS) is 16.3. The van der Waals surface area contributed by atoms with Gasteiger partial charge in [0.2, 0.25) is 0 Å². The number of aromatic amines is 1. The van der Waals surface area contributed by atoms with Crippen LogP contribution in [-0.4, -0.2) is 22.1 Å². The number of aromatic nitrogens is 1. The maximum atomic E-state index is 10.8. The van der Waals surface area contributed by atoms with Crippen LogP contribution in [0.2, 0.25) is 0 Å². The summed E-state index contributed by atoms with van der Waals surface area (Å²) in [5, 5.41) is 10.1. The summed E-state index contributed by atoms with van der Waals surface area (Å²) in [6.07, 6.45) is 5.10. The van der Waals surface area contributed by atoms with Gasteiger partial charge in [-0.15, -0.1) is 0 Å². The lowest BCUT2D eigenvalue weighted by Crippen LogP contribution is -2.32. The highest BCUT2D eigenvalue weighted by atomic mass is 16.4. The van der Waals surface area contributed by atoms with Crippen molar-refractivity contribution >= 4 is 16.9 Å². The third-order valence-corrected chi connectivity index (χ3v) is 3.94. The molecule has 1 aliphatic rings. The van der Waals surface area contributed by atoms with Gasteiger partial charge >= 0.3 is 5.97 Å². The molecule has 1 aliphatic carbocycles. The van der Waals surface area contributed by atoms with Crippen molar-refractivity contribution in [1.29, 1.82) is 0 Å². The minimum atomic E-state index is -0.948. The minimum Gasteiger partial charge on any atom is -0.480 e. The maximum absolute atomic E-state index is 10.8. The molecule has 4 nitrogen and oxygen atoms in total. The monoisotopic (exact) mass is 258 g/mol. The third-order valence-electron chi connectivity index (χ3n) is 3.94. The predicted octanol–water partition coefficient (Wildman–Crippen LogP) is 2.00. The third kappa shape index (κ3) is 2.24. The van der Waals surface area contributed by atoms with E-state index in [0.29, 0.717) is 6.42 Å². The second-order valence-corrected chi connectivity index (χ2v) is 5.32. The van der Waals surface area contributed by atoms with Gasteiger partial charge in [0, 0.05) is 16.6 Å². The second kappa shape index (κ2) is 4.70. The fourth-order valence-electron chi connectivity index (χ4n) is 2.92. The number of hydrogen-bond donors (Lipinski definition) is 3. The van der Waals surface area contributed by atoms with Crippen LogP contribution in [0.15, 0.2) is 18.2 Å². The van der Waals surface area contributed by atoms with Gasteiger partial charge in [0.15, 0.2) is 0 Å². The van der Waals surface area contributed by atoms with Gasteiger partial charge < -0.3 is 15.8 Å². The number of hydrogen-bond acceptors (Lipinski definition) is 2. The van der Waals surface area contributed by atoms with E-state index in [1.807, 2.05) is 12.1 Å². The first-order chi connectivity index (χ1) is 9.15. The summed E-state index contributed by atoms with van der Waals surface area (Å²) < 4.78 is 0. The summed E-state index contributed by atoms with van der Waals surface area (Å²) in [7, 11) is 0. The van der Waals surface area contributed by atoms with Crippen molar-refractivity contribution < 1.29 is 9.90 Å². The number of aryl methyl sites for hydroxylation is 2. The molecule has 3 rings (SSSR count). The first kappa shape index (κ1) is 12.2. The van der Waals surface area contributed by atoms with Gasteiger partial charge in [-0.25, -0.2) is 0 Å². The first-order valence-corrected chi connectivity index (χ1v) is 6.76. The van der Waals surface area contributed by atoms with Crippen molar-refractivity contribution in [2.75, 3.05) is 0 Å². The Morgan fingerprint density at radius 1 is 1.37 bits per heavy atom. The Balaban J connectivity index is 1.98. The van der Waals surface area contributed by atoms with Crippen molar-refractivity contribution in [3.8, 4) is 0 Å². The van der Waals surface area contributed by atoms with Gasteiger partial charge in [-0.3, -0.25) is 4.79 Å². The van der Waals surface area contributed by atoms with Crippen LogP contribution in [-0.2, 0) is 24.1 Å². The van der Waals surface area contributed by atoms with E-state index in [4.69, 9.17) is 10.8 Å². The Hall–Kier alpha value is -1.81. The van der Waals surface area contributed by atoms with E-state index in [1.54, 1.807) is 0 Å². The molecule has 0 radical (unpaired) electrons. The molecule has 0 aliphatic heterocycles. The van der Waals surface area contributed by atoms with E-state index in [2.05, 4.69) is 11.1 Å². The molecule has 1 unspecified atom stereocenters. The summed E-state index contributed by atoms with van der Waals surface area (Å²) in [4.78, 5) is 14.3. The highest BCUT2D eigenvalue weighted by Crippen LogP contribution is 2.29. The van der Waals surface area contributed by atoms with E-state index in [9.17, 15) is 4.79 Å². The standard InChI is InChI=1S/C15H18N2O2/c16-12(15(18)19)8-9-5-6-14-11(7-9)10-3-1-2-4-13(10)17-14/h5-7,12,17H,1-4,8,16H2,(H,18,19). The lowest BCUT2D eigenvalue weighted by Gasteiger charge is -2.11. The van der Waals surface area contributed by atoms with Gasteiger partial charge in [0.25, 0.3) is 0 Å². The van der Waals surface area contributed by atoms with E-state index >= 15 is 0 Å². The number of nitrogens with two attached hydrogens (primary N) is 1. The fourth-order valence-corrected chi connectivity index (χ4v) is 2.92. The molecule has 0 saturated heterocycles.